The van der Waals surface area contributed by atoms with Crippen LogP contribution in [0.5, 0.6) is 0 Å². The molecule has 1 aromatic carbocycles. The number of methoxy groups -OCH3 is 1. The summed E-state index contributed by atoms with van der Waals surface area (Å²) >= 11 is 0. The Labute approximate surface area is 175 Å². The minimum absolute atomic E-state index is 0.0344. The molecule has 4 heteroatoms. The summed E-state index contributed by atoms with van der Waals surface area (Å²) in [4.78, 5) is 23.5. The van der Waals surface area contributed by atoms with Gasteiger partial charge in [-0.3, -0.25) is 9.59 Å². The van der Waals surface area contributed by atoms with Gasteiger partial charge in [0.05, 0.1) is 13.2 Å². The molecule has 0 amide bonds. The molecule has 0 aromatic heterocycles. The summed E-state index contributed by atoms with van der Waals surface area (Å²) in [5, 5.41) is 10.3. The molecule has 1 aliphatic carbocycles. The van der Waals surface area contributed by atoms with Crippen LogP contribution in [0.1, 0.15) is 94.3 Å². The number of ketones is 1. The molecule has 1 fully saturated rings. The third kappa shape index (κ3) is 7.43. The largest absolute Gasteiger partial charge is 0.469 e. The molecule has 0 saturated heterocycles. The van der Waals surface area contributed by atoms with Gasteiger partial charge >= 0.3 is 5.97 Å². The molecule has 4 nitrogen and oxygen atoms in total. The minimum atomic E-state index is -0.399. The lowest BCUT2D eigenvalue weighted by Crippen LogP contribution is -2.12. The Hall–Kier alpha value is -1.94. The van der Waals surface area contributed by atoms with Crippen molar-refractivity contribution in [2.75, 3.05) is 7.11 Å². The van der Waals surface area contributed by atoms with Crippen LogP contribution in [-0.2, 0) is 14.3 Å². The molecular weight excluding hydrogens is 364 g/mol. The van der Waals surface area contributed by atoms with Gasteiger partial charge in [-0.15, -0.1) is 0 Å². The van der Waals surface area contributed by atoms with Gasteiger partial charge in [0, 0.05) is 18.8 Å². The van der Waals surface area contributed by atoms with Gasteiger partial charge in [0.15, 0.2) is 0 Å². The Bertz CT molecular complexity index is 662. The maximum Gasteiger partial charge on any atom is 0.305 e. The van der Waals surface area contributed by atoms with Crippen LogP contribution < -0.4 is 0 Å². The molecule has 2 rings (SSSR count). The number of carbonyl (C=O) groups is 2. The Morgan fingerprint density at radius 1 is 1.21 bits per heavy atom. The lowest BCUT2D eigenvalue weighted by molar-refractivity contribution is -0.140. The van der Waals surface area contributed by atoms with Crippen LogP contribution in [0, 0.1) is 5.92 Å². The van der Waals surface area contributed by atoms with E-state index in [4.69, 9.17) is 0 Å². The van der Waals surface area contributed by atoms with E-state index in [0.717, 1.165) is 56.9 Å². The van der Waals surface area contributed by atoms with Gasteiger partial charge in [-0.25, -0.2) is 0 Å². The number of allylic oxidation sites excluding steroid dienone is 2. The van der Waals surface area contributed by atoms with Crippen LogP contribution in [0.3, 0.4) is 0 Å². The number of rotatable bonds is 12. The first-order chi connectivity index (χ1) is 14.1. The van der Waals surface area contributed by atoms with Gasteiger partial charge in [0.1, 0.15) is 5.78 Å². The zero-order valence-electron chi connectivity index (χ0n) is 17.9. The summed E-state index contributed by atoms with van der Waals surface area (Å²) in [7, 11) is 1.41. The molecule has 1 N–H and O–H groups in total. The van der Waals surface area contributed by atoms with Crippen molar-refractivity contribution in [1.29, 1.82) is 0 Å². The highest BCUT2D eigenvalue weighted by Crippen LogP contribution is 2.40. The van der Waals surface area contributed by atoms with E-state index in [1.165, 1.54) is 12.7 Å². The van der Waals surface area contributed by atoms with Crippen molar-refractivity contribution in [3.63, 3.8) is 0 Å². The van der Waals surface area contributed by atoms with Crippen molar-refractivity contribution in [3.05, 3.63) is 47.5 Å². The Morgan fingerprint density at radius 2 is 1.97 bits per heavy atom. The molecule has 0 bridgehead atoms. The lowest BCUT2D eigenvalue weighted by Gasteiger charge is -2.19. The highest BCUT2D eigenvalue weighted by Gasteiger charge is 2.34. The highest BCUT2D eigenvalue weighted by atomic mass is 16.5. The van der Waals surface area contributed by atoms with Gasteiger partial charge < -0.3 is 9.84 Å². The lowest BCUT2D eigenvalue weighted by atomic mass is 9.85. The quantitative estimate of drug-likeness (QED) is 0.280. The summed E-state index contributed by atoms with van der Waals surface area (Å²) in [6.07, 6.45) is 12.2. The number of aliphatic hydroxyl groups excluding tert-OH is 1. The number of esters is 1. The predicted octanol–water partition coefficient (Wildman–Crippen LogP) is 5.65. The third-order valence-electron chi connectivity index (χ3n) is 5.97. The number of carbonyl (C=O) groups excluding carboxylic acids is 2. The Morgan fingerprint density at radius 3 is 2.66 bits per heavy atom. The topological polar surface area (TPSA) is 63.6 Å². The summed E-state index contributed by atoms with van der Waals surface area (Å²) < 4.78 is 4.64. The zero-order valence-corrected chi connectivity index (χ0v) is 17.9. The van der Waals surface area contributed by atoms with Crippen molar-refractivity contribution in [2.45, 2.75) is 83.2 Å². The SMILES string of the molecule is CCCCCC(O)c1ccc([C@H]2CCC(=O)[C@@H]2C/C=C/CCCC(=O)OC)cc1. The zero-order chi connectivity index (χ0) is 21.1. The molecule has 1 aliphatic rings. The smallest absolute Gasteiger partial charge is 0.305 e. The van der Waals surface area contributed by atoms with E-state index in [1.54, 1.807) is 0 Å². The maximum atomic E-state index is 12.4. The monoisotopic (exact) mass is 400 g/mol. The van der Waals surface area contributed by atoms with E-state index in [9.17, 15) is 14.7 Å². The van der Waals surface area contributed by atoms with E-state index < -0.39 is 6.10 Å². The molecule has 160 valence electrons. The number of Topliss-reactive ketones (excluding diaryl/α,β-unsaturated/α-hetero) is 1. The summed E-state index contributed by atoms with van der Waals surface area (Å²) in [5.74, 6) is 0.460. The summed E-state index contributed by atoms with van der Waals surface area (Å²) in [5.41, 5.74) is 2.17. The number of hydrogen-bond donors (Lipinski definition) is 1. The third-order valence-corrected chi connectivity index (χ3v) is 5.97. The molecule has 1 saturated carbocycles. The molecule has 3 atom stereocenters. The average Bonchev–Trinajstić information content (AvgIpc) is 3.10. The van der Waals surface area contributed by atoms with E-state index >= 15 is 0 Å². The second kappa shape index (κ2) is 12.6. The Kier molecular flexibility index (Phi) is 10.1. The van der Waals surface area contributed by atoms with Gasteiger partial charge in [-0.2, -0.15) is 0 Å². The molecule has 29 heavy (non-hydrogen) atoms. The molecule has 0 radical (unpaired) electrons. The van der Waals surface area contributed by atoms with Crippen LogP contribution in [-0.4, -0.2) is 24.0 Å². The number of unbranched alkanes of at least 4 members (excludes halogenated alkanes) is 3. The molecule has 1 aromatic rings. The number of aliphatic hydroxyl groups is 1. The number of benzene rings is 1. The maximum absolute atomic E-state index is 12.4. The van der Waals surface area contributed by atoms with E-state index in [2.05, 4.69) is 35.9 Å². The fourth-order valence-electron chi connectivity index (χ4n) is 4.15. The van der Waals surface area contributed by atoms with Crippen molar-refractivity contribution in [2.24, 2.45) is 5.92 Å². The normalized spacial score (nSPS) is 20.3. The minimum Gasteiger partial charge on any atom is -0.469 e. The van der Waals surface area contributed by atoms with E-state index in [0.29, 0.717) is 18.6 Å². The standard InChI is InChI=1S/C25H36O4/c1-3-4-7-11-23(26)20-15-13-19(14-16-20)21-17-18-24(27)22(21)10-8-5-6-9-12-25(28)29-2/h5,8,13-16,21-23,26H,3-4,6-7,9-12,17-18H2,1-2H3/b8-5+/t21-,22-,23?/m1/s1. The van der Waals surface area contributed by atoms with Crippen molar-refractivity contribution < 1.29 is 19.4 Å². The number of hydrogen-bond acceptors (Lipinski definition) is 4. The fourth-order valence-corrected chi connectivity index (χ4v) is 4.15. The highest BCUT2D eigenvalue weighted by molar-refractivity contribution is 5.84. The van der Waals surface area contributed by atoms with Crippen LogP contribution in [0.2, 0.25) is 0 Å². The van der Waals surface area contributed by atoms with Crippen molar-refractivity contribution >= 4 is 11.8 Å². The first-order valence-electron chi connectivity index (χ1n) is 11.1. The second-order valence-electron chi connectivity index (χ2n) is 8.07. The van der Waals surface area contributed by atoms with Crippen LogP contribution in [0.25, 0.3) is 0 Å². The molecular formula is C25H36O4. The van der Waals surface area contributed by atoms with Crippen molar-refractivity contribution in [1.82, 2.24) is 0 Å². The first kappa shape index (κ1) is 23.3. The van der Waals surface area contributed by atoms with Crippen LogP contribution in [0.15, 0.2) is 36.4 Å². The average molecular weight is 401 g/mol. The molecule has 0 heterocycles. The van der Waals surface area contributed by atoms with E-state index in [1.807, 2.05) is 12.1 Å². The second-order valence-corrected chi connectivity index (χ2v) is 8.07. The van der Waals surface area contributed by atoms with Gasteiger partial charge in [-0.1, -0.05) is 62.6 Å². The molecule has 1 unspecified atom stereocenters. The predicted molar refractivity (Wildman–Crippen MR) is 116 cm³/mol. The summed E-state index contributed by atoms with van der Waals surface area (Å²) in [6, 6.07) is 8.23. The van der Waals surface area contributed by atoms with E-state index in [-0.39, 0.29) is 17.8 Å². The first-order valence-corrected chi connectivity index (χ1v) is 11.1. The van der Waals surface area contributed by atoms with Crippen LogP contribution in [0.4, 0.5) is 0 Å². The Balaban J connectivity index is 1.88. The molecule has 0 spiro atoms. The van der Waals surface area contributed by atoms with Gasteiger partial charge in [-0.05, 0) is 49.1 Å². The fraction of sp³-hybridized carbons (Fsp3) is 0.600. The molecule has 0 aliphatic heterocycles. The van der Waals surface area contributed by atoms with Gasteiger partial charge in [0.25, 0.3) is 0 Å². The van der Waals surface area contributed by atoms with Crippen LogP contribution >= 0.6 is 0 Å². The number of ether oxygens (including phenoxy) is 1. The summed E-state index contributed by atoms with van der Waals surface area (Å²) in [6.45, 7) is 2.16. The van der Waals surface area contributed by atoms with Gasteiger partial charge in [0.2, 0.25) is 0 Å². The van der Waals surface area contributed by atoms with Crippen molar-refractivity contribution in [3.8, 4) is 0 Å².